The molecule has 0 aliphatic carbocycles. The van der Waals surface area contributed by atoms with E-state index in [1.54, 1.807) is 6.20 Å². The van der Waals surface area contributed by atoms with Gasteiger partial charge in [0, 0.05) is 36.5 Å². The highest BCUT2D eigenvalue weighted by Crippen LogP contribution is 2.18. The van der Waals surface area contributed by atoms with Crippen molar-refractivity contribution < 1.29 is 0 Å². The van der Waals surface area contributed by atoms with E-state index in [9.17, 15) is 0 Å². The number of rotatable bonds is 6. The normalized spacial score (nSPS) is 10.8. The fourth-order valence-electron chi connectivity index (χ4n) is 2.94. The SMILES string of the molecule is c1ccc(-c2cnnc(CCCn3ccnc3-c3ccccc3)n2)cc1. The average Bonchev–Trinajstić information content (AvgIpc) is 3.18. The van der Waals surface area contributed by atoms with Gasteiger partial charge in [0.2, 0.25) is 0 Å². The van der Waals surface area contributed by atoms with Gasteiger partial charge in [-0.1, -0.05) is 60.7 Å². The number of imidazole rings is 1. The molecule has 26 heavy (non-hydrogen) atoms. The zero-order valence-corrected chi connectivity index (χ0v) is 14.4. The van der Waals surface area contributed by atoms with Crippen molar-refractivity contribution in [2.24, 2.45) is 0 Å². The molecule has 0 aliphatic rings. The Bertz CT molecular complexity index is 964. The summed E-state index contributed by atoms with van der Waals surface area (Å²) in [5.41, 5.74) is 3.05. The summed E-state index contributed by atoms with van der Waals surface area (Å²) in [4.78, 5) is 9.13. The van der Waals surface area contributed by atoms with Crippen molar-refractivity contribution in [1.82, 2.24) is 24.7 Å². The third-order valence-electron chi connectivity index (χ3n) is 4.22. The van der Waals surface area contributed by atoms with E-state index in [1.165, 1.54) is 0 Å². The van der Waals surface area contributed by atoms with Crippen molar-refractivity contribution in [1.29, 1.82) is 0 Å². The minimum Gasteiger partial charge on any atom is -0.331 e. The highest BCUT2D eigenvalue weighted by atomic mass is 15.1. The maximum atomic E-state index is 4.64. The molecule has 4 aromatic rings. The van der Waals surface area contributed by atoms with Crippen molar-refractivity contribution >= 4 is 0 Å². The molecule has 0 aliphatic heterocycles. The second-order valence-electron chi connectivity index (χ2n) is 6.04. The van der Waals surface area contributed by atoms with Crippen LogP contribution >= 0.6 is 0 Å². The van der Waals surface area contributed by atoms with Crippen LogP contribution in [0.1, 0.15) is 12.2 Å². The van der Waals surface area contributed by atoms with E-state index >= 15 is 0 Å². The van der Waals surface area contributed by atoms with E-state index in [-0.39, 0.29) is 0 Å². The molecule has 0 fully saturated rings. The van der Waals surface area contributed by atoms with Crippen LogP contribution in [-0.2, 0) is 13.0 Å². The molecule has 0 radical (unpaired) electrons. The summed E-state index contributed by atoms with van der Waals surface area (Å²) in [6.07, 6.45) is 7.27. The van der Waals surface area contributed by atoms with Gasteiger partial charge >= 0.3 is 0 Å². The number of hydrogen-bond acceptors (Lipinski definition) is 4. The van der Waals surface area contributed by atoms with Crippen molar-refractivity contribution in [3.63, 3.8) is 0 Å². The Morgan fingerprint density at radius 2 is 1.58 bits per heavy atom. The number of hydrogen-bond donors (Lipinski definition) is 0. The van der Waals surface area contributed by atoms with E-state index in [4.69, 9.17) is 0 Å². The standard InChI is InChI=1S/C21H19N5/c1-3-8-17(9-4-1)19-16-23-25-20(24-19)12-7-14-26-15-13-22-21(26)18-10-5-2-6-11-18/h1-6,8-11,13,15-16H,7,12,14H2. The Balaban J connectivity index is 1.43. The van der Waals surface area contributed by atoms with E-state index < -0.39 is 0 Å². The van der Waals surface area contributed by atoms with Crippen LogP contribution < -0.4 is 0 Å². The second-order valence-corrected chi connectivity index (χ2v) is 6.04. The zero-order valence-electron chi connectivity index (χ0n) is 14.4. The molecule has 0 bridgehead atoms. The van der Waals surface area contributed by atoms with Crippen LogP contribution in [0.3, 0.4) is 0 Å². The van der Waals surface area contributed by atoms with Crippen LogP contribution in [0.2, 0.25) is 0 Å². The molecule has 0 saturated carbocycles. The third-order valence-corrected chi connectivity index (χ3v) is 4.22. The van der Waals surface area contributed by atoms with Gasteiger partial charge in [-0.15, -0.1) is 5.10 Å². The molecule has 5 heteroatoms. The molecule has 2 aromatic heterocycles. The van der Waals surface area contributed by atoms with Gasteiger partial charge in [-0.2, -0.15) is 5.10 Å². The third kappa shape index (κ3) is 3.67. The molecule has 0 amide bonds. The Labute approximate surface area is 152 Å². The molecule has 0 saturated heterocycles. The van der Waals surface area contributed by atoms with Gasteiger partial charge in [0.1, 0.15) is 5.82 Å². The van der Waals surface area contributed by atoms with Gasteiger partial charge in [0.25, 0.3) is 0 Å². The first kappa shape index (κ1) is 16.1. The van der Waals surface area contributed by atoms with Gasteiger partial charge in [-0.3, -0.25) is 0 Å². The van der Waals surface area contributed by atoms with E-state index in [0.717, 1.165) is 47.9 Å². The predicted octanol–water partition coefficient (Wildman–Crippen LogP) is 4.03. The molecule has 2 heterocycles. The van der Waals surface area contributed by atoms with Crippen LogP contribution in [0.5, 0.6) is 0 Å². The summed E-state index contributed by atoms with van der Waals surface area (Å²) < 4.78 is 2.17. The molecule has 0 N–H and O–H groups in total. The lowest BCUT2D eigenvalue weighted by atomic mass is 10.2. The monoisotopic (exact) mass is 341 g/mol. The summed E-state index contributed by atoms with van der Waals surface area (Å²) >= 11 is 0. The first-order valence-electron chi connectivity index (χ1n) is 8.71. The Morgan fingerprint density at radius 1 is 0.846 bits per heavy atom. The Morgan fingerprint density at radius 3 is 2.35 bits per heavy atom. The van der Waals surface area contributed by atoms with Crippen molar-refractivity contribution in [2.45, 2.75) is 19.4 Å². The number of nitrogens with zero attached hydrogens (tertiary/aromatic N) is 5. The summed E-state index contributed by atoms with van der Waals surface area (Å²) in [6.45, 7) is 0.864. The number of benzene rings is 2. The fraction of sp³-hybridized carbons (Fsp3) is 0.143. The maximum Gasteiger partial charge on any atom is 0.151 e. The topological polar surface area (TPSA) is 56.5 Å². The minimum absolute atomic E-state index is 0.771. The average molecular weight is 341 g/mol. The van der Waals surface area contributed by atoms with Gasteiger partial charge in [0.15, 0.2) is 5.82 Å². The van der Waals surface area contributed by atoms with Crippen molar-refractivity contribution in [3.8, 4) is 22.6 Å². The summed E-state index contributed by atoms with van der Waals surface area (Å²) in [5.74, 6) is 1.76. The van der Waals surface area contributed by atoms with Gasteiger partial charge in [-0.05, 0) is 6.42 Å². The Kier molecular flexibility index (Phi) is 4.78. The molecule has 0 atom stereocenters. The van der Waals surface area contributed by atoms with Crippen LogP contribution in [0, 0.1) is 0 Å². The largest absolute Gasteiger partial charge is 0.331 e. The lowest BCUT2D eigenvalue weighted by Gasteiger charge is -2.08. The smallest absolute Gasteiger partial charge is 0.151 e. The quantitative estimate of drug-likeness (QED) is 0.531. The second kappa shape index (κ2) is 7.70. The van der Waals surface area contributed by atoms with Gasteiger partial charge < -0.3 is 4.57 Å². The first-order valence-corrected chi connectivity index (χ1v) is 8.71. The highest BCUT2D eigenvalue weighted by Gasteiger charge is 2.07. The van der Waals surface area contributed by atoms with Gasteiger partial charge in [0.05, 0.1) is 11.9 Å². The van der Waals surface area contributed by atoms with Crippen LogP contribution in [0.15, 0.2) is 79.3 Å². The maximum absolute atomic E-state index is 4.64. The van der Waals surface area contributed by atoms with Crippen LogP contribution in [0.4, 0.5) is 0 Å². The van der Waals surface area contributed by atoms with E-state index in [2.05, 4.69) is 36.9 Å². The molecular formula is C21H19N5. The van der Waals surface area contributed by atoms with Crippen molar-refractivity contribution in [3.05, 3.63) is 85.1 Å². The van der Waals surface area contributed by atoms with E-state index in [0.29, 0.717) is 0 Å². The molecular weight excluding hydrogens is 322 g/mol. The molecule has 5 nitrogen and oxygen atoms in total. The minimum atomic E-state index is 0.771. The van der Waals surface area contributed by atoms with Crippen LogP contribution in [0.25, 0.3) is 22.6 Å². The Hall–Kier alpha value is -3.34. The van der Waals surface area contributed by atoms with Crippen LogP contribution in [-0.4, -0.2) is 24.7 Å². The van der Waals surface area contributed by atoms with E-state index in [1.807, 2.05) is 60.9 Å². The zero-order chi connectivity index (χ0) is 17.6. The van der Waals surface area contributed by atoms with Crippen molar-refractivity contribution in [2.75, 3.05) is 0 Å². The molecule has 128 valence electrons. The first-order chi connectivity index (χ1) is 12.9. The molecule has 0 unspecified atom stereocenters. The molecule has 2 aromatic carbocycles. The highest BCUT2D eigenvalue weighted by molar-refractivity contribution is 5.57. The lowest BCUT2D eigenvalue weighted by molar-refractivity contribution is 0.628. The lowest BCUT2D eigenvalue weighted by Crippen LogP contribution is -2.04. The number of aromatic nitrogens is 5. The fourth-order valence-corrected chi connectivity index (χ4v) is 2.94. The number of aryl methyl sites for hydroxylation is 2. The summed E-state index contributed by atoms with van der Waals surface area (Å²) in [5, 5.41) is 8.29. The molecule has 4 rings (SSSR count). The molecule has 0 spiro atoms. The summed E-state index contributed by atoms with van der Waals surface area (Å²) in [7, 11) is 0. The predicted molar refractivity (Wildman–Crippen MR) is 101 cm³/mol. The van der Waals surface area contributed by atoms with Gasteiger partial charge in [-0.25, -0.2) is 9.97 Å². The summed E-state index contributed by atoms with van der Waals surface area (Å²) in [6, 6.07) is 20.3.